The molecule has 0 aromatic carbocycles. The van der Waals surface area contributed by atoms with E-state index in [-0.39, 0.29) is 5.75 Å². The lowest BCUT2D eigenvalue weighted by Gasteiger charge is -2.01. The molecule has 0 unspecified atom stereocenters. The summed E-state index contributed by atoms with van der Waals surface area (Å²) < 4.78 is 27.1. The molecule has 6 heteroatoms. The van der Waals surface area contributed by atoms with Crippen LogP contribution in [-0.4, -0.2) is 24.4 Å². The summed E-state index contributed by atoms with van der Waals surface area (Å²) in [6.45, 7) is 0.341. The third kappa shape index (κ3) is 5.11. The molecule has 0 saturated heterocycles. The summed E-state index contributed by atoms with van der Waals surface area (Å²) in [5.41, 5.74) is 0. The molecule has 0 spiro atoms. The fourth-order valence-corrected chi connectivity index (χ4v) is 0.544. The fraction of sp³-hybridized carbons (Fsp3) is 0.429. The van der Waals surface area contributed by atoms with Crippen molar-refractivity contribution in [2.45, 2.75) is 20.4 Å². The number of hydrogen-bond acceptors (Lipinski definition) is 3. The second-order valence-corrected chi connectivity index (χ2v) is 1.84. The van der Waals surface area contributed by atoms with Gasteiger partial charge >= 0.3 is 6.61 Å². The Morgan fingerprint density at radius 2 is 1.77 bits per heavy atom. The lowest BCUT2D eigenvalue weighted by molar-refractivity contribution is -0.0503. The van der Waals surface area contributed by atoms with Crippen LogP contribution in [-0.2, 0) is 0 Å². The minimum atomic E-state index is -2.82. The van der Waals surface area contributed by atoms with E-state index in [0.717, 1.165) is 0 Å². The molecule has 0 aliphatic carbocycles. The molecule has 1 aromatic rings. The maximum atomic E-state index is 11.5. The second-order valence-electron chi connectivity index (χ2n) is 1.84. The van der Waals surface area contributed by atoms with Gasteiger partial charge in [-0.2, -0.15) is 8.78 Å². The molecule has 70 valence electrons. The third-order valence-electron chi connectivity index (χ3n) is 0.982. The Hall–Kier alpha value is -1.20. The molecule has 0 fully saturated rings. The average Bonchev–Trinajstić information content (AvgIpc) is 2.12. The van der Waals surface area contributed by atoms with Gasteiger partial charge in [-0.05, 0) is 6.92 Å². The molecule has 0 aliphatic heterocycles. The van der Waals surface area contributed by atoms with E-state index in [1.807, 2.05) is 0 Å². The molecular weight excluding hydrogens is 177 g/mol. The lowest BCUT2D eigenvalue weighted by atomic mass is 10.2. The molecule has 0 N–H and O–H groups in total. The normalized spacial score (nSPS) is 9.00. The van der Waals surface area contributed by atoms with Gasteiger partial charge in [-0.3, -0.25) is 0 Å². The van der Waals surface area contributed by atoms with Gasteiger partial charge in [0.15, 0.2) is 5.75 Å². The maximum absolute atomic E-state index is 11.5. The van der Waals surface area contributed by atoms with Crippen LogP contribution in [0, 0.1) is 6.92 Å². The molecular formula is C7H9BF2N2O. The summed E-state index contributed by atoms with van der Waals surface area (Å²) in [6, 6.07) is 0. The predicted molar refractivity (Wildman–Crippen MR) is 45.0 cm³/mol. The van der Waals surface area contributed by atoms with Gasteiger partial charge in [0.25, 0.3) is 0 Å². The van der Waals surface area contributed by atoms with Crippen LogP contribution < -0.4 is 4.74 Å². The Bertz CT molecular complexity index is 230. The summed E-state index contributed by atoms with van der Waals surface area (Å²) >= 11 is 0. The predicted octanol–water partition coefficient (Wildman–Crippen LogP) is 1.59. The quantitative estimate of drug-likeness (QED) is 0.657. The van der Waals surface area contributed by atoms with Crippen LogP contribution in [0.1, 0.15) is 5.82 Å². The van der Waals surface area contributed by atoms with Crippen molar-refractivity contribution in [3.63, 3.8) is 0 Å². The van der Waals surface area contributed by atoms with Crippen molar-refractivity contribution < 1.29 is 13.5 Å². The summed E-state index contributed by atoms with van der Waals surface area (Å²) in [4.78, 5) is 7.33. The number of rotatable bonds is 2. The Balaban J connectivity index is 0.000000671. The zero-order chi connectivity index (χ0) is 10.3. The van der Waals surface area contributed by atoms with Gasteiger partial charge in [-0.25, -0.2) is 9.97 Å². The highest BCUT2D eigenvalue weighted by molar-refractivity contribution is 6.05. The van der Waals surface area contributed by atoms with Crippen LogP contribution >= 0.6 is 0 Å². The fourth-order valence-electron chi connectivity index (χ4n) is 0.544. The van der Waals surface area contributed by atoms with Gasteiger partial charge in [0, 0.05) is 0 Å². The highest BCUT2D eigenvalue weighted by Crippen LogP contribution is 2.09. The van der Waals surface area contributed by atoms with E-state index >= 15 is 0 Å². The Morgan fingerprint density at radius 3 is 2.15 bits per heavy atom. The van der Waals surface area contributed by atoms with Crippen LogP contribution in [0.2, 0.25) is 6.82 Å². The molecule has 0 saturated carbocycles. The lowest BCUT2D eigenvalue weighted by Crippen LogP contribution is -2.02. The van der Waals surface area contributed by atoms with Gasteiger partial charge in [-0.15, -0.1) is 0 Å². The van der Waals surface area contributed by atoms with Crippen molar-refractivity contribution in [3.05, 3.63) is 18.2 Å². The van der Waals surface area contributed by atoms with Crippen LogP contribution in [0.5, 0.6) is 5.75 Å². The summed E-state index contributed by atoms with van der Waals surface area (Å²) in [7, 11) is 4.50. The van der Waals surface area contributed by atoms with Crippen molar-refractivity contribution in [1.82, 2.24) is 9.97 Å². The molecule has 3 nitrogen and oxygen atoms in total. The van der Waals surface area contributed by atoms with E-state index in [9.17, 15) is 8.78 Å². The zero-order valence-corrected chi connectivity index (χ0v) is 7.37. The Labute approximate surface area is 76.6 Å². The van der Waals surface area contributed by atoms with Gasteiger partial charge in [-0.1, -0.05) is 6.82 Å². The molecule has 0 aliphatic rings. The number of alkyl halides is 2. The number of aryl methyl sites for hydroxylation is 1. The monoisotopic (exact) mass is 186 g/mol. The topological polar surface area (TPSA) is 35.0 Å². The Morgan fingerprint density at radius 1 is 1.31 bits per heavy atom. The van der Waals surface area contributed by atoms with Gasteiger partial charge in [0.05, 0.1) is 20.2 Å². The minimum Gasteiger partial charge on any atom is -0.432 e. The first-order valence-electron chi connectivity index (χ1n) is 3.49. The number of halogens is 2. The van der Waals surface area contributed by atoms with Crippen LogP contribution in [0.3, 0.4) is 0 Å². The van der Waals surface area contributed by atoms with E-state index in [1.54, 1.807) is 6.92 Å². The first-order chi connectivity index (χ1) is 6.18. The van der Waals surface area contributed by atoms with Crippen molar-refractivity contribution in [1.29, 1.82) is 0 Å². The van der Waals surface area contributed by atoms with E-state index in [2.05, 4.69) is 22.6 Å². The number of aromatic nitrogens is 2. The van der Waals surface area contributed by atoms with Crippen molar-refractivity contribution in [3.8, 4) is 5.75 Å². The zero-order valence-electron chi connectivity index (χ0n) is 7.37. The van der Waals surface area contributed by atoms with Crippen molar-refractivity contribution >= 4 is 7.85 Å². The highest BCUT2D eigenvalue weighted by atomic mass is 19.3. The second kappa shape index (κ2) is 6.34. The van der Waals surface area contributed by atoms with E-state index in [0.29, 0.717) is 5.82 Å². The molecule has 1 heterocycles. The minimum absolute atomic E-state index is 0.0226. The average molecular weight is 186 g/mol. The number of ether oxygens (including phenoxy) is 1. The smallest absolute Gasteiger partial charge is 0.387 e. The largest absolute Gasteiger partial charge is 0.432 e. The summed E-state index contributed by atoms with van der Waals surface area (Å²) in [6.07, 6.45) is 2.41. The first kappa shape index (κ1) is 11.8. The maximum Gasteiger partial charge on any atom is 0.387 e. The SMILES string of the molecule is Cc1ncc(OC(F)F)cn1.[B]C. The van der Waals surface area contributed by atoms with E-state index in [1.165, 1.54) is 19.2 Å². The van der Waals surface area contributed by atoms with E-state index < -0.39 is 6.61 Å². The Kier molecular flexibility index (Phi) is 5.75. The molecule has 1 rings (SSSR count). The van der Waals surface area contributed by atoms with Gasteiger partial charge < -0.3 is 4.74 Å². The van der Waals surface area contributed by atoms with Crippen LogP contribution in [0.4, 0.5) is 8.78 Å². The molecule has 13 heavy (non-hydrogen) atoms. The first-order valence-corrected chi connectivity index (χ1v) is 3.49. The molecule has 0 amide bonds. The molecule has 0 atom stereocenters. The molecule has 0 bridgehead atoms. The van der Waals surface area contributed by atoms with Crippen LogP contribution in [0.25, 0.3) is 0 Å². The van der Waals surface area contributed by atoms with E-state index in [4.69, 9.17) is 0 Å². The third-order valence-corrected chi connectivity index (χ3v) is 0.982. The molecule has 2 radical (unpaired) electrons. The van der Waals surface area contributed by atoms with Crippen molar-refractivity contribution in [2.75, 3.05) is 0 Å². The van der Waals surface area contributed by atoms with Gasteiger partial charge in [0.1, 0.15) is 5.82 Å². The highest BCUT2D eigenvalue weighted by Gasteiger charge is 2.03. The van der Waals surface area contributed by atoms with Gasteiger partial charge in [0.2, 0.25) is 0 Å². The van der Waals surface area contributed by atoms with Crippen molar-refractivity contribution in [2.24, 2.45) is 0 Å². The van der Waals surface area contributed by atoms with Crippen LogP contribution in [0.15, 0.2) is 12.4 Å². The number of nitrogens with zero attached hydrogens (tertiary/aromatic N) is 2. The standard InChI is InChI=1S/C6H6F2N2O.CH3B/c1-4-9-2-5(3-10-4)11-6(7)8;1-2/h2-3,6H,1H3;1H3. The molecule has 1 aromatic heterocycles. The summed E-state index contributed by atoms with van der Waals surface area (Å²) in [5.74, 6) is 0.497. The summed E-state index contributed by atoms with van der Waals surface area (Å²) in [5, 5.41) is 0. The number of hydrogen-bond donors (Lipinski definition) is 0.